The molecular weight excluding hydrogens is 296 g/mol. The molecule has 2 nitrogen and oxygen atoms in total. The van der Waals surface area contributed by atoms with Crippen LogP contribution in [0, 0.1) is 5.41 Å². The second-order valence-electron chi connectivity index (χ2n) is 5.70. The number of rotatable bonds is 4. The summed E-state index contributed by atoms with van der Waals surface area (Å²) in [6.45, 7) is 5.38. The molecule has 0 spiro atoms. The third-order valence-corrected chi connectivity index (χ3v) is 5.32. The Hall–Kier alpha value is 0.1000. The molecule has 0 bridgehead atoms. The smallest absolute Gasteiger partial charge is 0.0702 e. The summed E-state index contributed by atoms with van der Waals surface area (Å²) in [7, 11) is 0. The Labute approximate surface area is 116 Å². The van der Waals surface area contributed by atoms with Crippen molar-refractivity contribution in [1.82, 2.24) is 5.32 Å². The van der Waals surface area contributed by atoms with E-state index in [4.69, 9.17) is 5.73 Å². The molecule has 1 aromatic heterocycles. The van der Waals surface area contributed by atoms with Crippen LogP contribution in [0.1, 0.15) is 44.0 Å². The number of hydrogen-bond acceptors (Lipinski definition) is 3. The third kappa shape index (κ3) is 3.53. The van der Waals surface area contributed by atoms with Crippen LogP contribution in [0.3, 0.4) is 0 Å². The molecule has 1 saturated carbocycles. The van der Waals surface area contributed by atoms with Crippen LogP contribution in [0.25, 0.3) is 0 Å². The van der Waals surface area contributed by atoms with E-state index in [1.807, 2.05) is 0 Å². The standard InChI is InChI=1S/C13H21BrN2S/c1-13(2)6-5-9(7-13)16-10(8-15)11-3-4-12(14)17-11/h3-4,9-10,16H,5-8,15H2,1-2H3. The van der Waals surface area contributed by atoms with Gasteiger partial charge in [-0.3, -0.25) is 0 Å². The zero-order valence-corrected chi connectivity index (χ0v) is 12.9. The molecule has 1 aliphatic rings. The Balaban J connectivity index is 1.97. The van der Waals surface area contributed by atoms with Crippen LogP contribution in [0.2, 0.25) is 0 Å². The molecule has 0 amide bonds. The summed E-state index contributed by atoms with van der Waals surface area (Å²) >= 11 is 5.29. The van der Waals surface area contributed by atoms with Crippen molar-refractivity contribution in [2.24, 2.45) is 11.1 Å². The lowest BCUT2D eigenvalue weighted by Gasteiger charge is -2.22. The summed E-state index contributed by atoms with van der Waals surface area (Å²) in [5, 5.41) is 3.72. The lowest BCUT2D eigenvalue weighted by Crippen LogP contribution is -2.35. The van der Waals surface area contributed by atoms with Gasteiger partial charge in [0.05, 0.1) is 9.83 Å². The van der Waals surface area contributed by atoms with Gasteiger partial charge in [0, 0.05) is 17.5 Å². The molecule has 1 fully saturated rings. The topological polar surface area (TPSA) is 38.0 Å². The maximum atomic E-state index is 5.89. The van der Waals surface area contributed by atoms with E-state index in [-0.39, 0.29) is 0 Å². The van der Waals surface area contributed by atoms with Gasteiger partial charge < -0.3 is 11.1 Å². The second kappa shape index (κ2) is 5.39. The zero-order chi connectivity index (χ0) is 12.5. The number of thiophene rings is 1. The SMILES string of the molecule is CC1(C)CCC(NC(CN)c2ccc(Br)s2)C1. The van der Waals surface area contributed by atoms with Crippen LogP contribution < -0.4 is 11.1 Å². The van der Waals surface area contributed by atoms with E-state index in [1.54, 1.807) is 11.3 Å². The molecule has 1 aromatic rings. The number of halogens is 1. The minimum atomic E-state index is 0.310. The summed E-state index contributed by atoms with van der Waals surface area (Å²) in [6, 6.07) is 5.20. The van der Waals surface area contributed by atoms with Crippen molar-refractivity contribution in [2.45, 2.75) is 45.2 Å². The zero-order valence-electron chi connectivity index (χ0n) is 10.5. The first kappa shape index (κ1) is 13.5. The van der Waals surface area contributed by atoms with Crippen LogP contribution in [-0.4, -0.2) is 12.6 Å². The van der Waals surface area contributed by atoms with Gasteiger partial charge in [-0.15, -0.1) is 11.3 Å². The molecule has 4 heteroatoms. The van der Waals surface area contributed by atoms with Crippen molar-refractivity contribution in [3.8, 4) is 0 Å². The quantitative estimate of drug-likeness (QED) is 0.889. The predicted octanol–water partition coefficient (Wildman–Crippen LogP) is 3.68. The molecule has 0 radical (unpaired) electrons. The highest BCUT2D eigenvalue weighted by molar-refractivity contribution is 9.11. The van der Waals surface area contributed by atoms with E-state index < -0.39 is 0 Å². The maximum Gasteiger partial charge on any atom is 0.0702 e. The molecule has 2 unspecified atom stereocenters. The van der Waals surface area contributed by atoms with Gasteiger partial charge in [0.25, 0.3) is 0 Å². The number of hydrogen-bond donors (Lipinski definition) is 2. The van der Waals surface area contributed by atoms with Crippen LogP contribution in [0.15, 0.2) is 15.9 Å². The Morgan fingerprint density at radius 1 is 1.59 bits per heavy atom. The first-order valence-corrected chi connectivity index (χ1v) is 7.82. The van der Waals surface area contributed by atoms with Gasteiger partial charge in [-0.2, -0.15) is 0 Å². The van der Waals surface area contributed by atoms with Gasteiger partial charge in [-0.25, -0.2) is 0 Å². The van der Waals surface area contributed by atoms with Crippen LogP contribution in [0.5, 0.6) is 0 Å². The van der Waals surface area contributed by atoms with Crippen LogP contribution in [-0.2, 0) is 0 Å². The second-order valence-corrected chi connectivity index (χ2v) is 8.20. The monoisotopic (exact) mass is 316 g/mol. The highest BCUT2D eigenvalue weighted by Gasteiger charge is 2.32. The average Bonchev–Trinajstić information content (AvgIpc) is 2.81. The van der Waals surface area contributed by atoms with Crippen molar-refractivity contribution in [3.63, 3.8) is 0 Å². The Morgan fingerprint density at radius 3 is 2.82 bits per heavy atom. The van der Waals surface area contributed by atoms with Gasteiger partial charge in [0.1, 0.15) is 0 Å². The molecule has 1 aliphatic carbocycles. The summed E-state index contributed by atoms with van der Waals surface area (Å²) in [5.41, 5.74) is 6.38. The number of nitrogens with two attached hydrogens (primary N) is 1. The maximum absolute atomic E-state index is 5.89. The molecule has 3 N–H and O–H groups in total. The van der Waals surface area contributed by atoms with Gasteiger partial charge in [-0.1, -0.05) is 13.8 Å². The Kier molecular flexibility index (Phi) is 4.29. The normalized spacial score (nSPS) is 25.1. The summed E-state index contributed by atoms with van der Waals surface area (Å²) in [4.78, 5) is 1.34. The summed E-state index contributed by atoms with van der Waals surface area (Å²) < 4.78 is 1.18. The van der Waals surface area contributed by atoms with Crippen molar-refractivity contribution < 1.29 is 0 Å². The van der Waals surface area contributed by atoms with Gasteiger partial charge in [0.2, 0.25) is 0 Å². The Bertz CT molecular complexity index is 375. The van der Waals surface area contributed by atoms with E-state index in [2.05, 4.69) is 47.2 Å². The fraction of sp³-hybridized carbons (Fsp3) is 0.692. The van der Waals surface area contributed by atoms with E-state index in [0.29, 0.717) is 24.0 Å². The fourth-order valence-electron chi connectivity index (χ4n) is 2.64. The van der Waals surface area contributed by atoms with Crippen molar-refractivity contribution >= 4 is 27.3 Å². The minimum absolute atomic E-state index is 0.310. The first-order chi connectivity index (χ1) is 8.00. The van der Waals surface area contributed by atoms with E-state index >= 15 is 0 Å². The Morgan fingerprint density at radius 2 is 2.35 bits per heavy atom. The highest BCUT2D eigenvalue weighted by Crippen LogP contribution is 2.38. The number of nitrogens with one attached hydrogen (secondary N) is 1. The third-order valence-electron chi connectivity index (χ3n) is 3.58. The lowest BCUT2D eigenvalue weighted by molar-refractivity contribution is 0.354. The average molecular weight is 317 g/mol. The van der Waals surface area contributed by atoms with Gasteiger partial charge >= 0.3 is 0 Å². The van der Waals surface area contributed by atoms with Crippen molar-refractivity contribution in [2.75, 3.05) is 6.54 Å². The van der Waals surface area contributed by atoms with E-state index in [9.17, 15) is 0 Å². The molecule has 1 heterocycles. The predicted molar refractivity (Wildman–Crippen MR) is 78.4 cm³/mol. The molecule has 2 atom stereocenters. The first-order valence-electron chi connectivity index (χ1n) is 6.21. The molecule has 0 aromatic carbocycles. The summed E-state index contributed by atoms with van der Waals surface area (Å²) in [6.07, 6.45) is 3.85. The van der Waals surface area contributed by atoms with Crippen molar-refractivity contribution in [1.29, 1.82) is 0 Å². The van der Waals surface area contributed by atoms with Crippen molar-refractivity contribution in [3.05, 3.63) is 20.8 Å². The van der Waals surface area contributed by atoms with Gasteiger partial charge in [-0.05, 0) is 52.7 Å². The lowest BCUT2D eigenvalue weighted by atomic mass is 9.92. The molecule has 2 rings (SSSR count). The minimum Gasteiger partial charge on any atom is -0.329 e. The highest BCUT2D eigenvalue weighted by atomic mass is 79.9. The van der Waals surface area contributed by atoms with E-state index in [1.165, 1.54) is 27.9 Å². The molecular formula is C13H21BrN2S. The summed E-state index contributed by atoms with van der Waals surface area (Å²) in [5.74, 6) is 0. The molecule has 96 valence electrons. The largest absolute Gasteiger partial charge is 0.329 e. The molecule has 17 heavy (non-hydrogen) atoms. The van der Waals surface area contributed by atoms with Gasteiger partial charge in [0.15, 0.2) is 0 Å². The fourth-order valence-corrected chi connectivity index (χ4v) is 4.14. The van der Waals surface area contributed by atoms with Crippen LogP contribution in [0.4, 0.5) is 0 Å². The molecule has 0 aliphatic heterocycles. The molecule has 0 saturated heterocycles. The van der Waals surface area contributed by atoms with E-state index in [0.717, 1.165) is 0 Å². The van der Waals surface area contributed by atoms with Crippen LogP contribution >= 0.6 is 27.3 Å².